The van der Waals surface area contributed by atoms with E-state index in [1.165, 1.54) is 44.8 Å². The molecule has 4 aromatic rings. The molecule has 0 fully saturated rings. The van der Waals surface area contributed by atoms with Crippen LogP contribution >= 0.6 is 0 Å². The Bertz CT molecular complexity index is 1210. The van der Waals surface area contributed by atoms with Crippen LogP contribution in [0.2, 0.25) is 0 Å². The van der Waals surface area contributed by atoms with Crippen molar-refractivity contribution in [3.05, 3.63) is 119 Å². The van der Waals surface area contributed by atoms with E-state index < -0.39 is 0 Å². The average molecular weight is 489 g/mol. The Balaban J connectivity index is 1.78. The van der Waals surface area contributed by atoms with Crippen LogP contribution in [0.25, 0.3) is 11.1 Å². The van der Waals surface area contributed by atoms with Crippen LogP contribution in [0.5, 0.6) is 0 Å². The fourth-order valence-electron chi connectivity index (χ4n) is 6.37. The highest BCUT2D eigenvalue weighted by Crippen LogP contribution is 2.54. The summed E-state index contributed by atoms with van der Waals surface area (Å²) in [4.78, 5) is 4.95. The highest BCUT2D eigenvalue weighted by molar-refractivity contribution is 5.85. The van der Waals surface area contributed by atoms with E-state index in [1.54, 1.807) is 0 Å². The van der Waals surface area contributed by atoms with Gasteiger partial charge in [0, 0.05) is 43.0 Å². The van der Waals surface area contributed by atoms with Gasteiger partial charge in [0.2, 0.25) is 0 Å². The number of benzene rings is 4. The van der Waals surface area contributed by atoms with Crippen LogP contribution in [0.1, 0.15) is 49.9 Å². The molecule has 37 heavy (non-hydrogen) atoms. The second-order valence-corrected chi connectivity index (χ2v) is 10.2. The van der Waals surface area contributed by atoms with E-state index in [9.17, 15) is 0 Å². The second-order valence-electron chi connectivity index (χ2n) is 10.2. The maximum absolute atomic E-state index is 2.51. The third-order valence-electron chi connectivity index (χ3n) is 8.28. The molecule has 0 bridgehead atoms. The van der Waals surface area contributed by atoms with Gasteiger partial charge in [-0.1, -0.05) is 72.8 Å². The number of hydrogen-bond donors (Lipinski definition) is 0. The second kappa shape index (κ2) is 10.8. The number of nitrogens with zero attached hydrogens (tertiary/aromatic N) is 2. The molecule has 0 saturated heterocycles. The predicted octanol–water partition coefficient (Wildman–Crippen LogP) is 8.13. The summed E-state index contributed by atoms with van der Waals surface area (Å²) in [6.45, 7) is 13.1. The third-order valence-corrected chi connectivity index (χ3v) is 8.28. The summed E-state index contributed by atoms with van der Waals surface area (Å²) < 4.78 is 0. The van der Waals surface area contributed by atoms with Crippen LogP contribution in [-0.2, 0) is 18.3 Å². The van der Waals surface area contributed by atoms with Crippen LogP contribution in [0, 0.1) is 0 Å². The molecule has 0 amide bonds. The molecular formula is C35H40N2. The van der Waals surface area contributed by atoms with E-state index in [2.05, 4.69) is 135 Å². The molecule has 190 valence electrons. The quantitative estimate of drug-likeness (QED) is 0.222. The predicted molar refractivity (Wildman–Crippen MR) is 160 cm³/mol. The van der Waals surface area contributed by atoms with Crippen molar-refractivity contribution in [2.45, 2.75) is 46.0 Å². The van der Waals surface area contributed by atoms with Crippen LogP contribution in [0.3, 0.4) is 0 Å². The Hall–Kier alpha value is -3.52. The van der Waals surface area contributed by atoms with Gasteiger partial charge in [-0.2, -0.15) is 0 Å². The topological polar surface area (TPSA) is 6.48 Å². The van der Waals surface area contributed by atoms with Crippen molar-refractivity contribution in [1.29, 1.82) is 0 Å². The number of hydrogen-bond acceptors (Lipinski definition) is 2. The van der Waals surface area contributed by atoms with Crippen molar-refractivity contribution >= 4 is 11.4 Å². The maximum Gasteiger partial charge on any atom is 0.0369 e. The first-order valence-electron chi connectivity index (χ1n) is 14.0. The molecule has 0 radical (unpaired) electrons. The van der Waals surface area contributed by atoms with Gasteiger partial charge in [0.15, 0.2) is 0 Å². The molecule has 0 saturated carbocycles. The zero-order valence-electron chi connectivity index (χ0n) is 22.9. The first-order valence-corrected chi connectivity index (χ1v) is 14.0. The van der Waals surface area contributed by atoms with Crippen LogP contribution in [0.4, 0.5) is 11.4 Å². The van der Waals surface area contributed by atoms with E-state index in [4.69, 9.17) is 0 Å². The van der Waals surface area contributed by atoms with Gasteiger partial charge in [0.1, 0.15) is 0 Å². The Kier molecular flexibility index (Phi) is 7.37. The van der Waals surface area contributed by atoms with Crippen molar-refractivity contribution in [3.8, 4) is 11.1 Å². The molecular weight excluding hydrogens is 448 g/mol. The summed E-state index contributed by atoms with van der Waals surface area (Å²) in [6.07, 6.45) is 1.96. The molecule has 0 N–H and O–H groups in total. The van der Waals surface area contributed by atoms with E-state index in [0.29, 0.717) is 0 Å². The van der Waals surface area contributed by atoms with Gasteiger partial charge in [-0.25, -0.2) is 0 Å². The first-order chi connectivity index (χ1) is 18.1. The van der Waals surface area contributed by atoms with E-state index in [1.807, 2.05) is 0 Å². The molecule has 0 aromatic heterocycles. The van der Waals surface area contributed by atoms with Gasteiger partial charge < -0.3 is 9.80 Å². The summed E-state index contributed by atoms with van der Waals surface area (Å²) in [5, 5.41) is 0. The normalized spacial score (nSPS) is 13.2. The Morgan fingerprint density at radius 1 is 0.486 bits per heavy atom. The van der Waals surface area contributed by atoms with Crippen molar-refractivity contribution in [2.75, 3.05) is 36.0 Å². The SMILES string of the molecule is CCN(CC)c1ccc2c(c1)C(Cc1ccccc1)(Cc1ccccc1)c1cc(N(CC)CC)ccc1-2. The highest BCUT2D eigenvalue weighted by Gasteiger charge is 2.44. The number of fused-ring (bicyclic) bond motifs is 3. The Morgan fingerprint density at radius 2 is 0.865 bits per heavy atom. The molecule has 2 nitrogen and oxygen atoms in total. The van der Waals surface area contributed by atoms with Gasteiger partial charge >= 0.3 is 0 Å². The minimum atomic E-state index is -0.139. The molecule has 0 atom stereocenters. The molecule has 0 unspecified atom stereocenters. The minimum Gasteiger partial charge on any atom is -0.372 e. The van der Waals surface area contributed by atoms with E-state index >= 15 is 0 Å². The lowest BCUT2D eigenvalue weighted by Crippen LogP contribution is -2.32. The van der Waals surface area contributed by atoms with E-state index in [0.717, 1.165) is 39.0 Å². The highest BCUT2D eigenvalue weighted by atomic mass is 15.1. The van der Waals surface area contributed by atoms with Gasteiger partial charge in [-0.3, -0.25) is 0 Å². The van der Waals surface area contributed by atoms with Gasteiger partial charge in [-0.15, -0.1) is 0 Å². The lowest BCUT2D eigenvalue weighted by atomic mass is 9.69. The molecule has 2 heteroatoms. The summed E-state index contributed by atoms with van der Waals surface area (Å²) >= 11 is 0. The zero-order valence-corrected chi connectivity index (χ0v) is 22.9. The zero-order chi connectivity index (χ0) is 25.8. The first kappa shape index (κ1) is 25.1. The van der Waals surface area contributed by atoms with Crippen molar-refractivity contribution in [2.24, 2.45) is 0 Å². The third kappa shape index (κ3) is 4.66. The molecule has 4 aromatic carbocycles. The molecule has 0 heterocycles. The summed E-state index contributed by atoms with van der Waals surface area (Å²) in [7, 11) is 0. The fraction of sp³-hybridized carbons (Fsp3) is 0.314. The number of anilines is 2. The minimum absolute atomic E-state index is 0.139. The molecule has 0 spiro atoms. The maximum atomic E-state index is 2.51. The fourth-order valence-corrected chi connectivity index (χ4v) is 6.37. The average Bonchev–Trinajstić information content (AvgIpc) is 3.19. The molecule has 1 aliphatic rings. The van der Waals surface area contributed by atoms with Crippen LogP contribution < -0.4 is 9.80 Å². The molecule has 1 aliphatic carbocycles. The lowest BCUT2D eigenvalue weighted by Gasteiger charge is -2.35. The van der Waals surface area contributed by atoms with Crippen molar-refractivity contribution < 1.29 is 0 Å². The largest absolute Gasteiger partial charge is 0.372 e. The molecule has 0 aliphatic heterocycles. The van der Waals surface area contributed by atoms with Crippen molar-refractivity contribution in [1.82, 2.24) is 0 Å². The van der Waals surface area contributed by atoms with Crippen LogP contribution in [-0.4, -0.2) is 26.2 Å². The van der Waals surface area contributed by atoms with Gasteiger partial charge in [0.25, 0.3) is 0 Å². The summed E-state index contributed by atoms with van der Waals surface area (Å²) in [5.41, 5.74) is 11.0. The Morgan fingerprint density at radius 3 is 1.22 bits per heavy atom. The molecule has 5 rings (SSSR count). The van der Waals surface area contributed by atoms with Gasteiger partial charge in [-0.05, 0) is 98.2 Å². The monoisotopic (exact) mass is 488 g/mol. The van der Waals surface area contributed by atoms with Crippen LogP contribution in [0.15, 0.2) is 97.1 Å². The lowest BCUT2D eigenvalue weighted by molar-refractivity contribution is 0.520. The summed E-state index contributed by atoms with van der Waals surface area (Å²) in [5.74, 6) is 0. The van der Waals surface area contributed by atoms with Crippen molar-refractivity contribution in [3.63, 3.8) is 0 Å². The number of rotatable bonds is 10. The summed E-state index contributed by atoms with van der Waals surface area (Å²) in [6, 6.07) is 36.6. The van der Waals surface area contributed by atoms with E-state index in [-0.39, 0.29) is 5.41 Å². The standard InChI is InChI=1S/C35H40N2/c1-5-36(6-2)29-19-21-31-32-22-20-30(37(7-3)8-4)24-34(32)35(33(31)23-29,25-27-15-11-9-12-16-27)26-28-17-13-10-14-18-28/h9-24H,5-8,25-26H2,1-4H3. The van der Waals surface area contributed by atoms with Gasteiger partial charge in [0.05, 0.1) is 0 Å². The Labute approximate surface area is 223 Å². The smallest absolute Gasteiger partial charge is 0.0369 e.